The van der Waals surface area contributed by atoms with E-state index in [0.717, 1.165) is 19.0 Å². The van der Waals surface area contributed by atoms with Crippen LogP contribution >= 0.6 is 0 Å². The summed E-state index contributed by atoms with van der Waals surface area (Å²) in [5, 5.41) is 13.2. The van der Waals surface area contributed by atoms with Gasteiger partial charge in [0.15, 0.2) is 5.65 Å². The van der Waals surface area contributed by atoms with E-state index in [2.05, 4.69) is 31.0 Å². The Kier molecular flexibility index (Phi) is 4.22. The minimum Gasteiger partial charge on any atom is -0.480 e. The molecular formula is C17H18FN7O2. The number of pyridine rings is 1. The van der Waals surface area contributed by atoms with Crippen LogP contribution in [0.15, 0.2) is 24.5 Å². The minimum absolute atomic E-state index is 0.218. The van der Waals surface area contributed by atoms with Crippen LogP contribution in [0.1, 0.15) is 23.2 Å². The van der Waals surface area contributed by atoms with E-state index in [1.165, 1.54) is 23.9 Å². The van der Waals surface area contributed by atoms with E-state index in [4.69, 9.17) is 4.74 Å². The molecule has 140 valence electrons. The van der Waals surface area contributed by atoms with Gasteiger partial charge in [0.1, 0.15) is 28.7 Å². The van der Waals surface area contributed by atoms with E-state index in [-0.39, 0.29) is 17.8 Å². The van der Waals surface area contributed by atoms with E-state index in [9.17, 15) is 9.18 Å². The van der Waals surface area contributed by atoms with Gasteiger partial charge in [-0.15, -0.1) is 0 Å². The molecule has 10 heteroatoms. The zero-order valence-electron chi connectivity index (χ0n) is 14.8. The Morgan fingerprint density at radius 1 is 1.33 bits per heavy atom. The number of carbonyl (C=O) groups is 1. The van der Waals surface area contributed by atoms with Crippen molar-refractivity contribution in [3.63, 3.8) is 0 Å². The second kappa shape index (κ2) is 6.71. The number of halogens is 1. The molecule has 4 rings (SSSR count). The number of hydrogen-bond acceptors (Lipinski definition) is 7. The first-order valence-corrected chi connectivity index (χ1v) is 8.43. The molecule has 0 bridgehead atoms. The van der Waals surface area contributed by atoms with Crippen LogP contribution in [0.5, 0.6) is 5.88 Å². The summed E-state index contributed by atoms with van der Waals surface area (Å²) in [6.07, 6.45) is 4.52. The molecule has 0 atom stereocenters. The lowest BCUT2D eigenvalue weighted by Gasteiger charge is -2.12. The maximum atomic E-state index is 13.6. The molecule has 0 aromatic carbocycles. The van der Waals surface area contributed by atoms with Crippen LogP contribution in [0.3, 0.4) is 0 Å². The number of hydrogen-bond donors (Lipinski definition) is 3. The summed E-state index contributed by atoms with van der Waals surface area (Å²) >= 11 is 0. The standard InChI is InChI=1S/C17H18FN7O2/c1-19-14-6-13(23-12-5-9(18)7-20-17(12)27-2)24-15-11(8-21-25(14)15)16(26)22-10-3-4-10/h5-8,10,19H,3-4H2,1-2H3,(H,22,26)(H,23,24). The average molecular weight is 371 g/mol. The molecule has 0 spiro atoms. The maximum absolute atomic E-state index is 13.6. The van der Waals surface area contributed by atoms with Gasteiger partial charge in [0.2, 0.25) is 5.88 Å². The molecule has 1 fully saturated rings. The maximum Gasteiger partial charge on any atom is 0.256 e. The Labute approximate surface area is 154 Å². The molecular weight excluding hydrogens is 353 g/mol. The van der Waals surface area contributed by atoms with Gasteiger partial charge in [-0.25, -0.2) is 14.4 Å². The average Bonchev–Trinajstić information content (AvgIpc) is 3.36. The van der Waals surface area contributed by atoms with Gasteiger partial charge in [0.05, 0.1) is 19.5 Å². The lowest BCUT2D eigenvalue weighted by molar-refractivity contribution is 0.0952. The number of fused-ring (bicyclic) bond motifs is 1. The molecule has 1 aliphatic carbocycles. The third kappa shape index (κ3) is 3.33. The van der Waals surface area contributed by atoms with Crippen LogP contribution in [0, 0.1) is 5.82 Å². The summed E-state index contributed by atoms with van der Waals surface area (Å²) in [5.74, 6) is 0.491. The van der Waals surface area contributed by atoms with Crippen molar-refractivity contribution in [1.29, 1.82) is 0 Å². The SMILES string of the molecule is CNc1cc(Nc2cc(F)cnc2OC)nc2c(C(=O)NC3CC3)cnn12. The summed E-state index contributed by atoms with van der Waals surface area (Å²) in [7, 11) is 3.17. The fourth-order valence-corrected chi connectivity index (χ4v) is 2.67. The zero-order chi connectivity index (χ0) is 19.0. The molecule has 1 saturated carbocycles. The second-order valence-corrected chi connectivity index (χ2v) is 6.15. The van der Waals surface area contributed by atoms with E-state index in [1.807, 2.05) is 0 Å². The number of carbonyl (C=O) groups excluding carboxylic acids is 1. The first kappa shape index (κ1) is 17.0. The van der Waals surface area contributed by atoms with Gasteiger partial charge in [-0.2, -0.15) is 9.61 Å². The summed E-state index contributed by atoms with van der Waals surface area (Å²) in [4.78, 5) is 20.8. The van der Waals surface area contributed by atoms with Crippen molar-refractivity contribution in [2.24, 2.45) is 0 Å². The van der Waals surface area contributed by atoms with Gasteiger partial charge < -0.3 is 20.7 Å². The first-order valence-electron chi connectivity index (χ1n) is 8.43. The van der Waals surface area contributed by atoms with Crippen LogP contribution in [0.4, 0.5) is 21.7 Å². The third-order valence-corrected chi connectivity index (χ3v) is 4.16. The molecule has 3 aromatic rings. The summed E-state index contributed by atoms with van der Waals surface area (Å²) < 4.78 is 20.3. The third-order valence-electron chi connectivity index (χ3n) is 4.16. The van der Waals surface area contributed by atoms with Crippen LogP contribution in [-0.4, -0.2) is 45.7 Å². The molecule has 0 aliphatic heterocycles. The van der Waals surface area contributed by atoms with E-state index in [1.54, 1.807) is 13.1 Å². The summed E-state index contributed by atoms with van der Waals surface area (Å²) in [6, 6.07) is 3.17. The minimum atomic E-state index is -0.512. The van der Waals surface area contributed by atoms with Crippen LogP contribution in [-0.2, 0) is 0 Å². The fourth-order valence-electron chi connectivity index (χ4n) is 2.67. The van der Waals surface area contributed by atoms with Crippen LogP contribution in [0.25, 0.3) is 5.65 Å². The lowest BCUT2D eigenvalue weighted by atomic mass is 10.3. The number of nitrogens with zero attached hydrogens (tertiary/aromatic N) is 4. The molecule has 3 N–H and O–H groups in total. The van der Waals surface area contributed by atoms with Gasteiger partial charge in [-0.05, 0) is 12.8 Å². The molecule has 9 nitrogen and oxygen atoms in total. The van der Waals surface area contributed by atoms with Crippen molar-refractivity contribution in [1.82, 2.24) is 24.9 Å². The Morgan fingerprint density at radius 3 is 2.85 bits per heavy atom. The van der Waals surface area contributed by atoms with Gasteiger partial charge >= 0.3 is 0 Å². The monoisotopic (exact) mass is 371 g/mol. The van der Waals surface area contributed by atoms with Crippen molar-refractivity contribution in [3.8, 4) is 5.88 Å². The van der Waals surface area contributed by atoms with Crippen molar-refractivity contribution in [3.05, 3.63) is 35.9 Å². The molecule has 0 unspecified atom stereocenters. The van der Waals surface area contributed by atoms with Gasteiger partial charge in [-0.3, -0.25) is 4.79 Å². The van der Waals surface area contributed by atoms with Crippen molar-refractivity contribution < 1.29 is 13.9 Å². The number of aromatic nitrogens is 4. The van der Waals surface area contributed by atoms with Gasteiger partial charge in [0, 0.05) is 25.2 Å². The molecule has 3 heterocycles. The zero-order valence-corrected chi connectivity index (χ0v) is 14.8. The molecule has 0 radical (unpaired) electrons. The van der Waals surface area contributed by atoms with E-state index >= 15 is 0 Å². The number of nitrogens with one attached hydrogen (secondary N) is 3. The quantitative estimate of drug-likeness (QED) is 0.608. The molecule has 3 aromatic heterocycles. The smallest absolute Gasteiger partial charge is 0.256 e. The van der Waals surface area contributed by atoms with Crippen LogP contribution in [0.2, 0.25) is 0 Å². The summed E-state index contributed by atoms with van der Waals surface area (Å²) in [5.41, 5.74) is 1.07. The molecule has 27 heavy (non-hydrogen) atoms. The fraction of sp³-hybridized carbons (Fsp3) is 0.294. The number of rotatable bonds is 6. The highest BCUT2D eigenvalue weighted by atomic mass is 19.1. The predicted molar refractivity (Wildman–Crippen MR) is 97.1 cm³/mol. The van der Waals surface area contributed by atoms with Gasteiger partial charge in [0.25, 0.3) is 5.91 Å². The Morgan fingerprint density at radius 2 is 2.15 bits per heavy atom. The second-order valence-electron chi connectivity index (χ2n) is 6.15. The first-order chi connectivity index (χ1) is 13.1. The predicted octanol–water partition coefficient (Wildman–Crippen LogP) is 1.95. The topological polar surface area (TPSA) is 105 Å². The van der Waals surface area contributed by atoms with Crippen LogP contribution < -0.4 is 20.7 Å². The normalized spacial score (nSPS) is 13.4. The van der Waals surface area contributed by atoms with Crippen molar-refractivity contribution in [2.45, 2.75) is 18.9 Å². The largest absolute Gasteiger partial charge is 0.480 e. The number of ether oxygens (including phenoxy) is 1. The van der Waals surface area contributed by atoms with Gasteiger partial charge in [-0.1, -0.05) is 0 Å². The Bertz CT molecular complexity index is 1020. The number of anilines is 3. The Hall–Kier alpha value is -3.43. The Balaban J connectivity index is 1.74. The molecule has 0 saturated heterocycles. The molecule has 1 aliphatic rings. The van der Waals surface area contributed by atoms with E-state index < -0.39 is 5.82 Å². The van der Waals surface area contributed by atoms with E-state index in [0.29, 0.717) is 28.5 Å². The lowest BCUT2D eigenvalue weighted by Crippen LogP contribution is -2.25. The molecule has 1 amide bonds. The number of amides is 1. The highest BCUT2D eigenvalue weighted by Crippen LogP contribution is 2.27. The highest BCUT2D eigenvalue weighted by Gasteiger charge is 2.26. The van der Waals surface area contributed by atoms with Crippen molar-refractivity contribution in [2.75, 3.05) is 24.8 Å². The highest BCUT2D eigenvalue weighted by molar-refractivity contribution is 6.00. The summed E-state index contributed by atoms with van der Waals surface area (Å²) in [6.45, 7) is 0. The van der Waals surface area contributed by atoms with Crippen molar-refractivity contribution >= 4 is 28.9 Å². The number of methoxy groups -OCH3 is 1.